The van der Waals surface area contributed by atoms with Gasteiger partial charge in [-0.1, -0.05) is 35.5 Å². The summed E-state index contributed by atoms with van der Waals surface area (Å²) in [7, 11) is 1.54. The zero-order chi connectivity index (χ0) is 23.2. The maximum absolute atomic E-state index is 12.6. The fraction of sp³-hybridized carbons (Fsp3) is 0.524. The highest BCUT2D eigenvalue weighted by atomic mass is 16.5. The van der Waals surface area contributed by atoms with Crippen molar-refractivity contribution in [1.29, 1.82) is 0 Å². The number of nitrogens with one attached hydrogen (secondary N) is 3. The van der Waals surface area contributed by atoms with Gasteiger partial charge < -0.3 is 20.5 Å². The van der Waals surface area contributed by atoms with E-state index in [1.807, 2.05) is 30.3 Å². The lowest BCUT2D eigenvalue weighted by Crippen LogP contribution is -2.43. The normalized spacial score (nSPS) is 18.5. The summed E-state index contributed by atoms with van der Waals surface area (Å²) < 4.78 is 5.39. The molecule has 0 aliphatic heterocycles. The highest BCUT2D eigenvalue weighted by molar-refractivity contribution is 5.82. The summed E-state index contributed by atoms with van der Waals surface area (Å²) in [6.07, 6.45) is 3.95. The van der Waals surface area contributed by atoms with Crippen LogP contribution in [0.1, 0.15) is 49.6 Å². The molecule has 32 heavy (non-hydrogen) atoms. The lowest BCUT2D eigenvalue weighted by atomic mass is 9.85. The van der Waals surface area contributed by atoms with Gasteiger partial charge in [0.1, 0.15) is 0 Å². The predicted octanol–water partition coefficient (Wildman–Crippen LogP) is 1.01. The molecule has 11 heteroatoms. The van der Waals surface area contributed by atoms with Crippen LogP contribution < -0.4 is 10.6 Å². The number of benzene rings is 1. The van der Waals surface area contributed by atoms with Crippen molar-refractivity contribution >= 4 is 18.3 Å². The average Bonchev–Trinajstić information content (AvgIpc) is 3.32. The Morgan fingerprint density at radius 3 is 2.53 bits per heavy atom. The molecule has 174 valence electrons. The van der Waals surface area contributed by atoms with Crippen LogP contribution in [-0.2, 0) is 25.5 Å². The molecule has 1 saturated carbocycles. The summed E-state index contributed by atoms with van der Waals surface area (Å²) in [6.45, 7) is 0.344. The molecular weight excluding hydrogens is 416 g/mol. The number of aryl methyl sites for hydroxylation is 1. The van der Waals surface area contributed by atoms with Gasteiger partial charge in [-0.2, -0.15) is 5.21 Å². The maximum Gasteiger partial charge on any atom is 0.290 e. The number of hydrogen-bond acceptors (Lipinski definition) is 7. The Balaban J connectivity index is 0.00000114. The predicted molar refractivity (Wildman–Crippen MR) is 114 cm³/mol. The zero-order valence-electron chi connectivity index (χ0n) is 18.1. The van der Waals surface area contributed by atoms with Gasteiger partial charge in [-0.3, -0.25) is 14.4 Å². The largest absolute Gasteiger partial charge is 0.483 e. The fourth-order valence-electron chi connectivity index (χ4n) is 3.69. The summed E-state index contributed by atoms with van der Waals surface area (Å²) in [6, 6.07) is 9.53. The zero-order valence-corrected chi connectivity index (χ0v) is 18.1. The topological polar surface area (TPSA) is 159 Å². The van der Waals surface area contributed by atoms with E-state index in [9.17, 15) is 9.59 Å². The van der Waals surface area contributed by atoms with Crippen LogP contribution in [0.3, 0.4) is 0 Å². The van der Waals surface area contributed by atoms with Crippen molar-refractivity contribution in [2.45, 2.75) is 50.7 Å². The van der Waals surface area contributed by atoms with E-state index in [-0.39, 0.29) is 30.2 Å². The van der Waals surface area contributed by atoms with Gasteiger partial charge >= 0.3 is 0 Å². The van der Waals surface area contributed by atoms with E-state index in [0.717, 1.165) is 37.7 Å². The monoisotopic (exact) mass is 446 g/mol. The summed E-state index contributed by atoms with van der Waals surface area (Å²) in [5, 5.41) is 26.7. The quantitative estimate of drug-likeness (QED) is 0.328. The number of carbonyl (C=O) groups excluding carboxylic acids is 2. The van der Waals surface area contributed by atoms with Gasteiger partial charge in [0.15, 0.2) is 11.9 Å². The number of rotatable bonds is 9. The molecule has 1 aromatic heterocycles. The van der Waals surface area contributed by atoms with Crippen molar-refractivity contribution in [1.82, 2.24) is 31.3 Å². The van der Waals surface area contributed by atoms with E-state index >= 15 is 0 Å². The van der Waals surface area contributed by atoms with Gasteiger partial charge in [-0.15, -0.1) is 10.2 Å². The molecule has 4 N–H and O–H groups in total. The summed E-state index contributed by atoms with van der Waals surface area (Å²) >= 11 is 0. The number of aromatic nitrogens is 4. The van der Waals surface area contributed by atoms with Gasteiger partial charge in [-0.05, 0) is 37.7 Å². The summed E-state index contributed by atoms with van der Waals surface area (Å²) in [4.78, 5) is 33.3. The summed E-state index contributed by atoms with van der Waals surface area (Å²) in [5.41, 5.74) is 0.835. The second-order valence-corrected chi connectivity index (χ2v) is 7.41. The third-order valence-corrected chi connectivity index (χ3v) is 5.29. The molecule has 1 heterocycles. The van der Waals surface area contributed by atoms with Crippen LogP contribution in [0.15, 0.2) is 30.3 Å². The van der Waals surface area contributed by atoms with Crippen LogP contribution in [0.4, 0.5) is 0 Å². The molecule has 2 aromatic rings. The van der Waals surface area contributed by atoms with Crippen molar-refractivity contribution in [2.24, 2.45) is 5.92 Å². The molecule has 2 amide bonds. The van der Waals surface area contributed by atoms with Gasteiger partial charge in [0.2, 0.25) is 5.91 Å². The second kappa shape index (κ2) is 13.9. The number of ether oxygens (including phenoxy) is 1. The van der Waals surface area contributed by atoms with Gasteiger partial charge in [0, 0.05) is 32.0 Å². The first kappa shape index (κ1) is 24.9. The van der Waals surface area contributed by atoms with Crippen molar-refractivity contribution in [3.05, 3.63) is 41.7 Å². The molecule has 3 rings (SSSR count). The average molecular weight is 447 g/mol. The minimum atomic E-state index is -0.614. The van der Waals surface area contributed by atoms with Crippen molar-refractivity contribution in [3.63, 3.8) is 0 Å². The number of aromatic amines is 1. The molecule has 1 aliphatic rings. The molecule has 0 spiro atoms. The number of carbonyl (C=O) groups is 3. The van der Waals surface area contributed by atoms with Crippen LogP contribution in [0, 0.1) is 5.92 Å². The fourth-order valence-corrected chi connectivity index (χ4v) is 3.69. The molecule has 1 atom stereocenters. The summed E-state index contributed by atoms with van der Waals surface area (Å²) in [5.74, 6) is 0.607. The van der Waals surface area contributed by atoms with Crippen LogP contribution in [0.5, 0.6) is 0 Å². The van der Waals surface area contributed by atoms with Crippen LogP contribution in [0.2, 0.25) is 0 Å². The van der Waals surface area contributed by atoms with E-state index < -0.39 is 6.10 Å². The Labute approximate surface area is 186 Å². The molecule has 0 unspecified atom stereocenters. The number of hydrogen-bond donors (Lipinski definition) is 4. The Morgan fingerprint density at radius 2 is 1.94 bits per heavy atom. The third kappa shape index (κ3) is 8.06. The minimum Gasteiger partial charge on any atom is -0.483 e. The lowest BCUT2D eigenvalue weighted by Gasteiger charge is -2.29. The van der Waals surface area contributed by atoms with Crippen molar-refractivity contribution < 1.29 is 24.2 Å². The van der Waals surface area contributed by atoms with Gasteiger partial charge in [0.25, 0.3) is 12.4 Å². The Bertz CT molecular complexity index is 809. The molecule has 1 aliphatic carbocycles. The lowest BCUT2D eigenvalue weighted by molar-refractivity contribution is -0.132. The highest BCUT2D eigenvalue weighted by Crippen LogP contribution is 2.25. The number of carboxylic acid groups (broad SMARTS) is 1. The molecule has 0 radical (unpaired) electrons. The van der Waals surface area contributed by atoms with Crippen molar-refractivity contribution in [3.8, 4) is 0 Å². The second-order valence-electron chi connectivity index (χ2n) is 7.41. The smallest absolute Gasteiger partial charge is 0.290 e. The third-order valence-electron chi connectivity index (χ3n) is 5.29. The van der Waals surface area contributed by atoms with E-state index in [4.69, 9.17) is 14.6 Å². The minimum absolute atomic E-state index is 0.000623. The number of tetrazole rings is 1. The molecule has 0 bridgehead atoms. The molecule has 1 aromatic carbocycles. The van der Waals surface area contributed by atoms with Crippen molar-refractivity contribution in [2.75, 3.05) is 13.7 Å². The number of methoxy groups -OCH3 is 1. The first-order valence-corrected chi connectivity index (χ1v) is 10.5. The number of H-pyrrole nitrogens is 1. The SMILES string of the molecule is CO[C@@H](C(=O)NC1CCC(C(=O)NCCCc2nn[nH]n2)CC1)c1ccccc1.O=CO. The molecule has 11 nitrogen and oxygen atoms in total. The Morgan fingerprint density at radius 1 is 1.25 bits per heavy atom. The van der Waals surface area contributed by atoms with E-state index in [1.54, 1.807) is 0 Å². The van der Waals surface area contributed by atoms with Crippen LogP contribution in [0.25, 0.3) is 0 Å². The van der Waals surface area contributed by atoms with Gasteiger partial charge in [-0.25, -0.2) is 0 Å². The molecule has 0 saturated heterocycles. The van der Waals surface area contributed by atoms with E-state index in [1.165, 1.54) is 7.11 Å². The van der Waals surface area contributed by atoms with E-state index in [0.29, 0.717) is 18.8 Å². The Kier molecular flexibility index (Phi) is 10.8. The van der Waals surface area contributed by atoms with Crippen LogP contribution >= 0.6 is 0 Å². The first-order chi connectivity index (χ1) is 15.6. The Hall–Kier alpha value is -3.34. The van der Waals surface area contributed by atoms with Crippen LogP contribution in [-0.4, -0.2) is 63.7 Å². The molecule has 1 fully saturated rings. The molecular formula is C21H30N6O5. The standard InChI is InChI=1S/C20H28N6O3.CH2O2/c1-29-18(14-6-3-2-4-7-14)20(28)22-16-11-9-15(10-12-16)19(27)21-13-5-8-17-23-25-26-24-17;2-1-3/h2-4,6-7,15-16,18H,5,8-13H2,1H3,(H,21,27)(H,22,28)(H,23,24,25,26);1H,(H,2,3)/t15?,16?,18-;/m1./s1. The first-order valence-electron chi connectivity index (χ1n) is 10.5. The maximum atomic E-state index is 12.6. The van der Waals surface area contributed by atoms with E-state index in [2.05, 4.69) is 31.3 Å². The van der Waals surface area contributed by atoms with Gasteiger partial charge in [0.05, 0.1) is 0 Å². The number of amides is 2. The highest BCUT2D eigenvalue weighted by Gasteiger charge is 2.29. The number of nitrogens with zero attached hydrogens (tertiary/aromatic N) is 3.